The molecular formula is C12H14O4. The molecule has 0 saturated heterocycles. The van der Waals surface area contributed by atoms with E-state index in [-0.39, 0.29) is 13.0 Å². The Bertz CT molecular complexity index is 359. The Labute approximate surface area is 93.9 Å². The summed E-state index contributed by atoms with van der Waals surface area (Å²) >= 11 is 0. The van der Waals surface area contributed by atoms with E-state index in [0.29, 0.717) is 0 Å². The van der Waals surface area contributed by atoms with Crippen molar-refractivity contribution in [2.45, 2.75) is 26.1 Å². The molecule has 0 heterocycles. The third kappa shape index (κ3) is 3.47. The van der Waals surface area contributed by atoms with Crippen molar-refractivity contribution in [3.63, 3.8) is 0 Å². The van der Waals surface area contributed by atoms with Crippen molar-refractivity contribution in [3.8, 4) is 0 Å². The van der Waals surface area contributed by atoms with Gasteiger partial charge in [-0.1, -0.05) is 37.3 Å². The fourth-order valence-corrected chi connectivity index (χ4v) is 1.24. The highest BCUT2D eigenvalue weighted by atomic mass is 16.5. The summed E-state index contributed by atoms with van der Waals surface area (Å²) in [6.45, 7) is 1.74. The third-order valence-electron chi connectivity index (χ3n) is 2.12. The topological polar surface area (TPSA) is 63.6 Å². The van der Waals surface area contributed by atoms with E-state index in [2.05, 4.69) is 0 Å². The molecule has 1 aromatic rings. The van der Waals surface area contributed by atoms with Crippen molar-refractivity contribution in [2.75, 3.05) is 0 Å². The SMILES string of the molecule is CCC(=O)C(OCc1ccccc1)C(=O)O. The second-order valence-corrected chi connectivity index (χ2v) is 3.33. The van der Waals surface area contributed by atoms with Crippen molar-refractivity contribution < 1.29 is 19.4 Å². The van der Waals surface area contributed by atoms with Gasteiger partial charge in [0.2, 0.25) is 6.10 Å². The van der Waals surface area contributed by atoms with E-state index in [1.54, 1.807) is 6.92 Å². The van der Waals surface area contributed by atoms with Crippen molar-refractivity contribution in [3.05, 3.63) is 35.9 Å². The molecular weight excluding hydrogens is 208 g/mol. The van der Waals surface area contributed by atoms with Gasteiger partial charge in [-0.3, -0.25) is 4.79 Å². The minimum atomic E-state index is -1.36. The summed E-state index contributed by atoms with van der Waals surface area (Å²) in [6.07, 6.45) is -1.20. The molecule has 0 spiro atoms. The highest BCUT2D eigenvalue weighted by molar-refractivity contribution is 6.01. The van der Waals surface area contributed by atoms with Crippen LogP contribution in [0.3, 0.4) is 0 Å². The van der Waals surface area contributed by atoms with Crippen LogP contribution in [0.1, 0.15) is 18.9 Å². The average Bonchev–Trinajstić information content (AvgIpc) is 2.30. The number of ketones is 1. The van der Waals surface area contributed by atoms with Gasteiger partial charge in [-0.15, -0.1) is 0 Å². The molecule has 4 nitrogen and oxygen atoms in total. The number of benzene rings is 1. The van der Waals surface area contributed by atoms with E-state index >= 15 is 0 Å². The summed E-state index contributed by atoms with van der Waals surface area (Å²) in [4.78, 5) is 22.0. The highest BCUT2D eigenvalue weighted by Gasteiger charge is 2.25. The van der Waals surface area contributed by atoms with E-state index in [1.165, 1.54) is 0 Å². The molecule has 1 N–H and O–H groups in total. The van der Waals surface area contributed by atoms with Crippen LogP contribution in [0.15, 0.2) is 30.3 Å². The van der Waals surface area contributed by atoms with Gasteiger partial charge < -0.3 is 9.84 Å². The molecule has 0 amide bonds. The van der Waals surface area contributed by atoms with E-state index in [1.807, 2.05) is 30.3 Å². The summed E-state index contributed by atoms with van der Waals surface area (Å²) in [6, 6.07) is 9.15. The van der Waals surface area contributed by atoms with Crippen molar-refractivity contribution in [1.29, 1.82) is 0 Å². The first-order chi connectivity index (χ1) is 7.65. The first kappa shape index (κ1) is 12.4. The minimum absolute atomic E-state index is 0.129. The Morgan fingerprint density at radius 3 is 2.44 bits per heavy atom. The maximum Gasteiger partial charge on any atom is 0.340 e. The molecule has 0 aromatic heterocycles. The monoisotopic (exact) mass is 222 g/mol. The summed E-state index contributed by atoms with van der Waals surface area (Å²) in [5, 5.41) is 8.81. The fourth-order valence-electron chi connectivity index (χ4n) is 1.24. The van der Waals surface area contributed by atoms with Gasteiger partial charge in [-0.25, -0.2) is 4.79 Å². The standard InChI is InChI=1S/C12H14O4/c1-2-10(13)11(12(14)15)16-8-9-6-4-3-5-7-9/h3-7,11H,2,8H2,1H3,(H,14,15). The summed E-state index contributed by atoms with van der Waals surface area (Å²) < 4.78 is 5.09. The van der Waals surface area contributed by atoms with Crippen LogP contribution in [-0.4, -0.2) is 23.0 Å². The Balaban J connectivity index is 2.57. The number of carbonyl (C=O) groups is 2. The first-order valence-electron chi connectivity index (χ1n) is 5.06. The molecule has 1 atom stereocenters. The molecule has 0 radical (unpaired) electrons. The van der Waals surface area contributed by atoms with Gasteiger partial charge in [0.25, 0.3) is 0 Å². The molecule has 1 unspecified atom stereocenters. The number of aliphatic carboxylic acids is 1. The van der Waals surface area contributed by atoms with Crippen molar-refractivity contribution in [2.24, 2.45) is 0 Å². The second kappa shape index (κ2) is 6.02. The second-order valence-electron chi connectivity index (χ2n) is 3.33. The quantitative estimate of drug-likeness (QED) is 0.743. The number of ether oxygens (including phenoxy) is 1. The van der Waals surface area contributed by atoms with Gasteiger partial charge >= 0.3 is 5.97 Å². The third-order valence-corrected chi connectivity index (χ3v) is 2.12. The lowest BCUT2D eigenvalue weighted by Gasteiger charge is -2.11. The van der Waals surface area contributed by atoms with Crippen LogP contribution in [0.25, 0.3) is 0 Å². The Kier molecular flexibility index (Phi) is 4.66. The lowest BCUT2D eigenvalue weighted by atomic mass is 10.2. The fraction of sp³-hybridized carbons (Fsp3) is 0.333. The van der Waals surface area contributed by atoms with Crippen LogP contribution >= 0.6 is 0 Å². The van der Waals surface area contributed by atoms with Crippen LogP contribution in [0.5, 0.6) is 0 Å². The van der Waals surface area contributed by atoms with Crippen LogP contribution in [0, 0.1) is 0 Å². The van der Waals surface area contributed by atoms with E-state index in [4.69, 9.17) is 9.84 Å². The zero-order valence-corrected chi connectivity index (χ0v) is 9.05. The van der Waals surface area contributed by atoms with Gasteiger partial charge in [0.05, 0.1) is 6.61 Å². The normalized spacial score (nSPS) is 12.1. The molecule has 0 fully saturated rings. The number of hydrogen-bond donors (Lipinski definition) is 1. The molecule has 16 heavy (non-hydrogen) atoms. The van der Waals surface area contributed by atoms with Gasteiger partial charge in [0.1, 0.15) is 0 Å². The molecule has 0 bridgehead atoms. The molecule has 1 aromatic carbocycles. The highest BCUT2D eigenvalue weighted by Crippen LogP contribution is 2.05. The smallest absolute Gasteiger partial charge is 0.340 e. The average molecular weight is 222 g/mol. The Morgan fingerprint density at radius 1 is 1.31 bits per heavy atom. The number of hydrogen-bond acceptors (Lipinski definition) is 3. The number of rotatable bonds is 6. The minimum Gasteiger partial charge on any atom is -0.479 e. The predicted octanol–water partition coefficient (Wildman–Crippen LogP) is 1.64. The van der Waals surface area contributed by atoms with Crippen LogP contribution in [-0.2, 0) is 20.9 Å². The van der Waals surface area contributed by atoms with E-state index < -0.39 is 17.9 Å². The zero-order valence-electron chi connectivity index (χ0n) is 9.05. The van der Waals surface area contributed by atoms with Gasteiger partial charge in [0.15, 0.2) is 5.78 Å². The molecule has 0 aliphatic rings. The largest absolute Gasteiger partial charge is 0.479 e. The number of carboxylic acid groups (broad SMARTS) is 1. The molecule has 0 aliphatic heterocycles. The summed E-state index contributed by atoms with van der Waals surface area (Å²) in [7, 11) is 0. The summed E-state index contributed by atoms with van der Waals surface area (Å²) in [5.41, 5.74) is 0.845. The molecule has 0 saturated carbocycles. The lowest BCUT2D eigenvalue weighted by Crippen LogP contribution is -2.32. The number of carbonyl (C=O) groups excluding carboxylic acids is 1. The van der Waals surface area contributed by atoms with Crippen molar-refractivity contribution >= 4 is 11.8 Å². The van der Waals surface area contributed by atoms with Gasteiger partial charge in [0, 0.05) is 6.42 Å². The van der Waals surface area contributed by atoms with Crippen LogP contribution < -0.4 is 0 Å². The number of carboxylic acids is 1. The van der Waals surface area contributed by atoms with Crippen molar-refractivity contribution in [1.82, 2.24) is 0 Å². The molecule has 1 rings (SSSR count). The Morgan fingerprint density at radius 2 is 1.94 bits per heavy atom. The maximum atomic E-state index is 11.3. The van der Waals surface area contributed by atoms with E-state index in [9.17, 15) is 9.59 Å². The molecule has 0 aliphatic carbocycles. The maximum absolute atomic E-state index is 11.3. The molecule has 86 valence electrons. The lowest BCUT2D eigenvalue weighted by molar-refractivity contribution is -0.157. The summed E-state index contributed by atoms with van der Waals surface area (Å²) in [5.74, 6) is -1.65. The zero-order chi connectivity index (χ0) is 12.0. The van der Waals surface area contributed by atoms with Gasteiger partial charge in [-0.05, 0) is 5.56 Å². The van der Waals surface area contributed by atoms with E-state index in [0.717, 1.165) is 5.56 Å². The van der Waals surface area contributed by atoms with Gasteiger partial charge in [-0.2, -0.15) is 0 Å². The van der Waals surface area contributed by atoms with Crippen LogP contribution in [0.2, 0.25) is 0 Å². The van der Waals surface area contributed by atoms with Crippen LogP contribution in [0.4, 0.5) is 0 Å². The first-order valence-corrected chi connectivity index (χ1v) is 5.06. The number of Topliss-reactive ketones (excluding diaryl/α,β-unsaturated/α-hetero) is 1. The predicted molar refractivity (Wildman–Crippen MR) is 58.0 cm³/mol. The Hall–Kier alpha value is -1.68. The molecule has 4 heteroatoms.